The van der Waals surface area contributed by atoms with Gasteiger partial charge in [0.05, 0.1) is 0 Å². The minimum Gasteiger partial charge on any atom is -0.479 e. The van der Waals surface area contributed by atoms with Crippen molar-refractivity contribution in [3.8, 4) is 11.8 Å². The van der Waals surface area contributed by atoms with Gasteiger partial charge in [0.1, 0.15) is 11.8 Å². The Labute approximate surface area is 85.2 Å². The van der Waals surface area contributed by atoms with E-state index in [0.29, 0.717) is 12.3 Å². The SMILES string of the molecule is N#CCOc1ccc(Br)c(CN)c1. The van der Waals surface area contributed by atoms with Gasteiger partial charge in [-0.15, -0.1) is 0 Å². The topological polar surface area (TPSA) is 59.0 Å². The fourth-order valence-electron chi connectivity index (χ4n) is 0.913. The Kier molecular flexibility index (Phi) is 3.74. The highest BCUT2D eigenvalue weighted by Gasteiger charge is 1.99. The summed E-state index contributed by atoms with van der Waals surface area (Å²) in [4.78, 5) is 0. The molecule has 68 valence electrons. The second-order valence-corrected chi connectivity index (χ2v) is 3.26. The van der Waals surface area contributed by atoms with E-state index < -0.39 is 0 Å². The van der Waals surface area contributed by atoms with E-state index in [9.17, 15) is 0 Å². The third kappa shape index (κ3) is 2.72. The predicted octanol–water partition coefficient (Wildman–Crippen LogP) is 1.81. The monoisotopic (exact) mass is 240 g/mol. The maximum atomic E-state index is 8.30. The van der Waals surface area contributed by atoms with Crippen molar-refractivity contribution in [2.45, 2.75) is 6.54 Å². The van der Waals surface area contributed by atoms with Gasteiger partial charge in [0.15, 0.2) is 6.61 Å². The van der Waals surface area contributed by atoms with E-state index in [-0.39, 0.29) is 6.61 Å². The standard InChI is InChI=1S/C9H9BrN2O/c10-9-2-1-8(13-4-3-11)5-7(9)6-12/h1-2,5H,4,6,12H2. The molecule has 0 heterocycles. The molecule has 1 aromatic carbocycles. The molecule has 1 aromatic rings. The molecular weight excluding hydrogens is 232 g/mol. The van der Waals surface area contributed by atoms with E-state index in [4.69, 9.17) is 15.7 Å². The van der Waals surface area contributed by atoms with Crippen LogP contribution in [0.4, 0.5) is 0 Å². The highest BCUT2D eigenvalue weighted by molar-refractivity contribution is 9.10. The van der Waals surface area contributed by atoms with Crippen LogP contribution in [-0.4, -0.2) is 6.61 Å². The fraction of sp³-hybridized carbons (Fsp3) is 0.222. The van der Waals surface area contributed by atoms with Crippen LogP contribution in [0.2, 0.25) is 0 Å². The van der Waals surface area contributed by atoms with Gasteiger partial charge in [-0.05, 0) is 23.8 Å². The minimum atomic E-state index is 0.0612. The van der Waals surface area contributed by atoms with Crippen molar-refractivity contribution in [3.05, 3.63) is 28.2 Å². The molecule has 3 nitrogen and oxygen atoms in total. The number of halogens is 1. The van der Waals surface area contributed by atoms with Crippen LogP contribution in [0.15, 0.2) is 22.7 Å². The normalized spacial score (nSPS) is 9.31. The van der Waals surface area contributed by atoms with Crippen molar-refractivity contribution < 1.29 is 4.74 Å². The van der Waals surface area contributed by atoms with E-state index >= 15 is 0 Å². The summed E-state index contributed by atoms with van der Waals surface area (Å²) in [6, 6.07) is 7.37. The molecule has 0 fully saturated rings. The zero-order chi connectivity index (χ0) is 9.68. The molecule has 0 saturated carbocycles. The zero-order valence-electron chi connectivity index (χ0n) is 6.96. The van der Waals surface area contributed by atoms with E-state index in [1.54, 1.807) is 6.07 Å². The molecule has 13 heavy (non-hydrogen) atoms. The second kappa shape index (κ2) is 4.85. The van der Waals surface area contributed by atoms with Crippen molar-refractivity contribution >= 4 is 15.9 Å². The summed E-state index contributed by atoms with van der Waals surface area (Å²) >= 11 is 3.36. The molecule has 2 N–H and O–H groups in total. The van der Waals surface area contributed by atoms with Gasteiger partial charge in [0.25, 0.3) is 0 Å². The van der Waals surface area contributed by atoms with E-state index in [1.807, 2.05) is 18.2 Å². The molecule has 0 radical (unpaired) electrons. The summed E-state index contributed by atoms with van der Waals surface area (Å²) < 4.78 is 6.07. The fourth-order valence-corrected chi connectivity index (χ4v) is 1.32. The Hall–Kier alpha value is -1.05. The van der Waals surface area contributed by atoms with E-state index in [1.165, 1.54) is 0 Å². The summed E-state index contributed by atoms with van der Waals surface area (Å²) in [7, 11) is 0. The summed E-state index contributed by atoms with van der Waals surface area (Å²) in [6.07, 6.45) is 0. The van der Waals surface area contributed by atoms with Crippen molar-refractivity contribution in [2.75, 3.05) is 6.61 Å². The highest BCUT2D eigenvalue weighted by Crippen LogP contribution is 2.21. The maximum absolute atomic E-state index is 8.30. The molecule has 0 amide bonds. The van der Waals surface area contributed by atoms with Gasteiger partial charge in [0, 0.05) is 11.0 Å². The van der Waals surface area contributed by atoms with Gasteiger partial charge in [-0.25, -0.2) is 0 Å². The lowest BCUT2D eigenvalue weighted by atomic mass is 10.2. The van der Waals surface area contributed by atoms with Gasteiger partial charge in [-0.2, -0.15) is 5.26 Å². The molecule has 0 aromatic heterocycles. The molecule has 0 aliphatic carbocycles. The van der Waals surface area contributed by atoms with Crippen LogP contribution < -0.4 is 10.5 Å². The average Bonchev–Trinajstić information content (AvgIpc) is 2.16. The molecule has 0 aliphatic rings. The number of benzene rings is 1. The number of hydrogen-bond donors (Lipinski definition) is 1. The third-order valence-electron chi connectivity index (χ3n) is 1.54. The second-order valence-electron chi connectivity index (χ2n) is 2.40. The molecule has 0 aliphatic heterocycles. The van der Waals surface area contributed by atoms with Crippen molar-refractivity contribution in [2.24, 2.45) is 5.73 Å². The van der Waals surface area contributed by atoms with Crippen LogP contribution in [0.5, 0.6) is 5.75 Å². The van der Waals surface area contributed by atoms with Gasteiger partial charge >= 0.3 is 0 Å². The lowest BCUT2D eigenvalue weighted by Gasteiger charge is -2.05. The summed E-state index contributed by atoms with van der Waals surface area (Å²) in [5.74, 6) is 0.671. The maximum Gasteiger partial charge on any atom is 0.174 e. The smallest absolute Gasteiger partial charge is 0.174 e. The summed E-state index contributed by atoms with van der Waals surface area (Å²) in [6.45, 7) is 0.510. The molecule has 0 bridgehead atoms. The van der Waals surface area contributed by atoms with Crippen LogP contribution in [0.3, 0.4) is 0 Å². The van der Waals surface area contributed by atoms with Crippen LogP contribution in [0, 0.1) is 11.3 Å². The van der Waals surface area contributed by atoms with Gasteiger partial charge in [-0.1, -0.05) is 15.9 Å². The molecule has 1 rings (SSSR count). The van der Waals surface area contributed by atoms with Crippen LogP contribution in [0.25, 0.3) is 0 Å². The first kappa shape index (κ1) is 10.0. The predicted molar refractivity (Wildman–Crippen MR) is 53.1 cm³/mol. The quantitative estimate of drug-likeness (QED) is 0.877. The van der Waals surface area contributed by atoms with E-state index in [0.717, 1.165) is 10.0 Å². The van der Waals surface area contributed by atoms with Crippen molar-refractivity contribution in [1.82, 2.24) is 0 Å². The number of hydrogen-bond acceptors (Lipinski definition) is 3. The Bertz CT molecular complexity index is 333. The Morgan fingerprint density at radius 1 is 1.54 bits per heavy atom. The largest absolute Gasteiger partial charge is 0.479 e. The number of nitriles is 1. The summed E-state index contributed by atoms with van der Waals surface area (Å²) in [5.41, 5.74) is 6.47. The number of rotatable bonds is 3. The van der Waals surface area contributed by atoms with Crippen LogP contribution in [0.1, 0.15) is 5.56 Å². The Balaban J connectivity index is 2.81. The highest BCUT2D eigenvalue weighted by atomic mass is 79.9. The number of nitrogens with two attached hydrogens (primary N) is 1. The van der Waals surface area contributed by atoms with Crippen molar-refractivity contribution in [3.63, 3.8) is 0 Å². The van der Waals surface area contributed by atoms with Gasteiger partial charge < -0.3 is 10.5 Å². The van der Waals surface area contributed by atoms with Gasteiger partial charge in [0.2, 0.25) is 0 Å². The van der Waals surface area contributed by atoms with E-state index in [2.05, 4.69) is 15.9 Å². The zero-order valence-corrected chi connectivity index (χ0v) is 8.54. The van der Waals surface area contributed by atoms with Crippen LogP contribution >= 0.6 is 15.9 Å². The Morgan fingerprint density at radius 2 is 2.31 bits per heavy atom. The molecule has 0 saturated heterocycles. The Morgan fingerprint density at radius 3 is 2.92 bits per heavy atom. The van der Waals surface area contributed by atoms with Crippen molar-refractivity contribution in [1.29, 1.82) is 5.26 Å². The molecule has 4 heteroatoms. The molecular formula is C9H9BrN2O. The minimum absolute atomic E-state index is 0.0612. The first-order valence-electron chi connectivity index (χ1n) is 3.76. The number of nitrogens with zero attached hydrogens (tertiary/aromatic N) is 1. The molecule has 0 spiro atoms. The third-order valence-corrected chi connectivity index (χ3v) is 2.31. The lowest BCUT2D eigenvalue weighted by Crippen LogP contribution is -1.99. The summed E-state index contributed by atoms with van der Waals surface area (Å²) in [5, 5.41) is 8.30. The average molecular weight is 241 g/mol. The molecule has 0 atom stereocenters. The number of ether oxygens (including phenoxy) is 1. The van der Waals surface area contributed by atoms with Gasteiger partial charge in [-0.3, -0.25) is 0 Å². The van der Waals surface area contributed by atoms with Crippen LogP contribution in [-0.2, 0) is 6.54 Å². The first-order chi connectivity index (χ1) is 6.27. The lowest BCUT2D eigenvalue weighted by molar-refractivity contribution is 0.367. The first-order valence-corrected chi connectivity index (χ1v) is 4.55. The molecule has 0 unspecified atom stereocenters.